The van der Waals surface area contributed by atoms with E-state index in [1.165, 1.54) is 18.3 Å². The van der Waals surface area contributed by atoms with Gasteiger partial charge in [0, 0.05) is 17.2 Å². The van der Waals surface area contributed by atoms with Crippen LogP contribution in [-0.2, 0) is 10.0 Å². The summed E-state index contributed by atoms with van der Waals surface area (Å²) in [7, 11) is -3.80. The van der Waals surface area contributed by atoms with E-state index in [0.717, 1.165) is 0 Å². The van der Waals surface area contributed by atoms with Crippen molar-refractivity contribution in [3.63, 3.8) is 0 Å². The summed E-state index contributed by atoms with van der Waals surface area (Å²) in [5.74, 6) is 0.898. The predicted octanol–water partition coefficient (Wildman–Crippen LogP) is 3.70. The summed E-state index contributed by atoms with van der Waals surface area (Å²) in [6, 6.07) is 9.41. The van der Waals surface area contributed by atoms with Crippen LogP contribution in [0.1, 0.15) is 5.76 Å². The van der Waals surface area contributed by atoms with Gasteiger partial charge in [-0.05, 0) is 25.1 Å². The number of aromatic nitrogens is 1. The molecular weight excluding hydrogens is 328 g/mol. The van der Waals surface area contributed by atoms with Crippen molar-refractivity contribution in [2.24, 2.45) is 0 Å². The second kappa shape index (κ2) is 5.51. The molecule has 0 aliphatic heterocycles. The molecule has 0 aliphatic carbocycles. The molecule has 6 nitrogen and oxygen atoms in total. The van der Waals surface area contributed by atoms with Crippen LogP contribution in [0.2, 0.25) is 5.02 Å². The Bertz CT molecular complexity index is 901. The van der Waals surface area contributed by atoms with Crippen LogP contribution in [-0.4, -0.2) is 13.6 Å². The average molecular weight is 339 g/mol. The molecule has 0 radical (unpaired) electrons. The number of rotatable bonds is 4. The zero-order valence-corrected chi connectivity index (χ0v) is 13.0. The molecule has 0 spiro atoms. The summed E-state index contributed by atoms with van der Waals surface area (Å²) >= 11 is 5.85. The van der Waals surface area contributed by atoms with Gasteiger partial charge in [-0.3, -0.25) is 4.72 Å². The van der Waals surface area contributed by atoms with Gasteiger partial charge in [0.05, 0.1) is 11.9 Å². The van der Waals surface area contributed by atoms with Crippen molar-refractivity contribution in [3.8, 4) is 11.5 Å². The van der Waals surface area contributed by atoms with Crippen molar-refractivity contribution < 1.29 is 17.4 Å². The van der Waals surface area contributed by atoms with E-state index in [1.54, 1.807) is 31.2 Å². The van der Waals surface area contributed by atoms with Crippen LogP contribution < -0.4 is 4.72 Å². The van der Waals surface area contributed by atoms with Gasteiger partial charge in [-0.2, -0.15) is 0 Å². The number of sulfonamides is 1. The van der Waals surface area contributed by atoms with Crippen LogP contribution in [0.3, 0.4) is 0 Å². The number of furan rings is 1. The first-order valence-corrected chi connectivity index (χ1v) is 8.12. The molecule has 8 heteroatoms. The van der Waals surface area contributed by atoms with Crippen LogP contribution in [0.15, 0.2) is 56.4 Å². The highest BCUT2D eigenvalue weighted by atomic mass is 35.5. The third-order valence-corrected chi connectivity index (χ3v) is 4.64. The second-order valence-electron chi connectivity index (χ2n) is 4.52. The fraction of sp³-hybridized carbons (Fsp3) is 0.0714. The Kier molecular flexibility index (Phi) is 3.67. The molecule has 0 saturated carbocycles. The number of nitrogens with zero attached hydrogens (tertiary/aromatic N) is 1. The number of benzene rings is 1. The van der Waals surface area contributed by atoms with Gasteiger partial charge in [-0.15, -0.1) is 0 Å². The van der Waals surface area contributed by atoms with Crippen LogP contribution in [0.25, 0.3) is 11.5 Å². The topological polar surface area (TPSA) is 85.3 Å². The summed E-state index contributed by atoms with van der Waals surface area (Å²) in [6.45, 7) is 1.56. The molecular formula is C14H11ClN2O4S. The Hall–Kier alpha value is -2.25. The molecule has 3 aromatic rings. The zero-order chi connectivity index (χ0) is 15.7. The number of hydrogen-bond donors (Lipinski definition) is 1. The average Bonchev–Trinajstić information content (AvgIpc) is 3.07. The van der Waals surface area contributed by atoms with Crippen molar-refractivity contribution in [2.45, 2.75) is 11.8 Å². The Morgan fingerprint density at radius 3 is 2.68 bits per heavy atom. The summed E-state index contributed by atoms with van der Waals surface area (Å²) in [5.41, 5.74) is 0.370. The molecule has 0 aliphatic rings. The lowest BCUT2D eigenvalue weighted by molar-refractivity contribution is 0.414. The highest BCUT2D eigenvalue weighted by Crippen LogP contribution is 2.29. The Morgan fingerprint density at radius 2 is 2.00 bits per heavy atom. The molecule has 0 saturated heterocycles. The van der Waals surface area contributed by atoms with E-state index >= 15 is 0 Å². The van der Waals surface area contributed by atoms with E-state index in [0.29, 0.717) is 22.2 Å². The van der Waals surface area contributed by atoms with Crippen molar-refractivity contribution in [1.82, 2.24) is 5.16 Å². The third kappa shape index (κ3) is 2.86. The lowest BCUT2D eigenvalue weighted by Crippen LogP contribution is -2.13. The third-order valence-electron chi connectivity index (χ3n) is 2.92. The first-order chi connectivity index (χ1) is 10.5. The van der Waals surface area contributed by atoms with Crippen LogP contribution in [0, 0.1) is 6.92 Å². The fourth-order valence-corrected chi connectivity index (χ4v) is 3.38. The van der Waals surface area contributed by atoms with Gasteiger partial charge < -0.3 is 8.94 Å². The number of halogens is 1. The first kappa shape index (κ1) is 14.7. The minimum Gasteiger partial charge on any atom is -0.456 e. The molecule has 0 atom stereocenters. The Morgan fingerprint density at radius 1 is 1.18 bits per heavy atom. The van der Waals surface area contributed by atoms with Crippen LogP contribution in [0.4, 0.5) is 5.69 Å². The van der Waals surface area contributed by atoms with Gasteiger partial charge in [0.2, 0.25) is 5.76 Å². The molecule has 0 unspecified atom stereocenters. The molecule has 0 amide bonds. The molecule has 114 valence electrons. The lowest BCUT2D eigenvalue weighted by Gasteiger charge is -2.06. The van der Waals surface area contributed by atoms with Gasteiger partial charge in [0.15, 0.2) is 5.76 Å². The van der Waals surface area contributed by atoms with Crippen molar-refractivity contribution in [2.75, 3.05) is 4.72 Å². The first-order valence-electron chi connectivity index (χ1n) is 6.25. The quantitative estimate of drug-likeness (QED) is 0.784. The second-order valence-corrected chi connectivity index (χ2v) is 6.61. The molecule has 1 aromatic carbocycles. The van der Waals surface area contributed by atoms with Gasteiger partial charge in [-0.25, -0.2) is 8.42 Å². The molecule has 2 heterocycles. The Labute approximate surface area is 131 Å². The molecule has 0 fully saturated rings. The molecule has 1 N–H and O–H groups in total. The predicted molar refractivity (Wildman–Crippen MR) is 81.2 cm³/mol. The van der Waals surface area contributed by atoms with Crippen LogP contribution in [0.5, 0.6) is 0 Å². The SMILES string of the molecule is Cc1oc(-c2ccno2)cc1S(=O)(=O)Nc1cccc(Cl)c1. The standard InChI is InChI=1S/C14H11ClN2O4S/c1-9-14(8-13(20-9)12-5-6-16-21-12)22(18,19)17-11-4-2-3-10(15)7-11/h2-8,17H,1H3. The number of nitrogens with one attached hydrogen (secondary N) is 1. The monoisotopic (exact) mass is 338 g/mol. The smallest absolute Gasteiger partial charge is 0.265 e. The number of aryl methyl sites for hydroxylation is 1. The van der Waals surface area contributed by atoms with Crippen molar-refractivity contribution in [3.05, 3.63) is 53.4 Å². The van der Waals surface area contributed by atoms with E-state index < -0.39 is 10.0 Å². The van der Waals surface area contributed by atoms with Crippen molar-refractivity contribution >= 4 is 27.3 Å². The summed E-state index contributed by atoms with van der Waals surface area (Å²) in [6.07, 6.45) is 1.45. The lowest BCUT2D eigenvalue weighted by atomic mass is 10.3. The molecule has 0 bridgehead atoms. The highest BCUT2D eigenvalue weighted by Gasteiger charge is 2.23. The van der Waals surface area contributed by atoms with E-state index in [2.05, 4.69) is 9.88 Å². The normalized spacial score (nSPS) is 11.5. The maximum absolute atomic E-state index is 12.5. The number of anilines is 1. The maximum atomic E-state index is 12.5. The van der Waals surface area contributed by atoms with Gasteiger partial charge in [-0.1, -0.05) is 22.8 Å². The molecule has 2 aromatic heterocycles. The Balaban J connectivity index is 1.96. The van der Waals surface area contributed by atoms with Gasteiger partial charge in [0.25, 0.3) is 10.0 Å². The zero-order valence-electron chi connectivity index (χ0n) is 11.4. The van der Waals surface area contributed by atoms with Gasteiger partial charge in [0.1, 0.15) is 10.7 Å². The van der Waals surface area contributed by atoms with E-state index in [4.69, 9.17) is 20.5 Å². The largest absolute Gasteiger partial charge is 0.456 e. The van der Waals surface area contributed by atoms with E-state index in [9.17, 15) is 8.42 Å². The summed E-state index contributed by atoms with van der Waals surface area (Å²) in [4.78, 5) is 0.0267. The van der Waals surface area contributed by atoms with Crippen molar-refractivity contribution in [1.29, 1.82) is 0 Å². The minimum absolute atomic E-state index is 0.0267. The van der Waals surface area contributed by atoms with E-state index in [-0.39, 0.29) is 10.7 Å². The van der Waals surface area contributed by atoms with Crippen LogP contribution >= 0.6 is 11.6 Å². The van der Waals surface area contributed by atoms with E-state index in [1.807, 2.05) is 0 Å². The number of hydrogen-bond acceptors (Lipinski definition) is 5. The maximum Gasteiger partial charge on any atom is 0.265 e. The highest BCUT2D eigenvalue weighted by molar-refractivity contribution is 7.92. The summed E-state index contributed by atoms with van der Waals surface area (Å²) < 4.78 is 37.8. The fourth-order valence-electron chi connectivity index (χ4n) is 1.96. The minimum atomic E-state index is -3.80. The molecule has 22 heavy (non-hydrogen) atoms. The van der Waals surface area contributed by atoms with Gasteiger partial charge >= 0.3 is 0 Å². The summed E-state index contributed by atoms with van der Waals surface area (Å²) in [5, 5.41) is 4.00. The molecule has 3 rings (SSSR count).